The SMILES string of the molecule is Cc1cn([C@H]2C[C@H](OC(=O)COc3ccccc3)[C@@H](CO)O2)c(=O)[nH]c1=O. The molecule has 0 radical (unpaired) electrons. The molecule has 0 bridgehead atoms. The fourth-order valence-electron chi connectivity index (χ4n) is 2.82. The van der Waals surface area contributed by atoms with Crippen LogP contribution in [0.5, 0.6) is 5.75 Å². The first-order valence-corrected chi connectivity index (χ1v) is 8.43. The molecule has 9 nitrogen and oxygen atoms in total. The Morgan fingerprint density at radius 2 is 2.07 bits per heavy atom. The fraction of sp³-hybridized carbons (Fsp3) is 0.389. The number of nitrogens with one attached hydrogen (secondary N) is 1. The summed E-state index contributed by atoms with van der Waals surface area (Å²) < 4.78 is 17.5. The number of hydrogen-bond acceptors (Lipinski definition) is 7. The number of benzene rings is 1. The molecule has 1 aliphatic heterocycles. The lowest BCUT2D eigenvalue weighted by Gasteiger charge is -2.16. The highest BCUT2D eigenvalue weighted by atomic mass is 16.6. The van der Waals surface area contributed by atoms with Crippen LogP contribution in [-0.4, -0.2) is 46.0 Å². The molecule has 1 aliphatic rings. The van der Waals surface area contributed by atoms with Crippen molar-refractivity contribution in [1.29, 1.82) is 0 Å². The maximum absolute atomic E-state index is 12.0. The number of aliphatic hydroxyl groups excluding tert-OH is 1. The lowest BCUT2D eigenvalue weighted by atomic mass is 10.2. The quantitative estimate of drug-likeness (QED) is 0.687. The van der Waals surface area contributed by atoms with Gasteiger partial charge in [-0.3, -0.25) is 14.3 Å². The van der Waals surface area contributed by atoms with E-state index in [1.54, 1.807) is 31.2 Å². The van der Waals surface area contributed by atoms with E-state index >= 15 is 0 Å². The molecule has 0 spiro atoms. The normalized spacial score (nSPS) is 21.8. The van der Waals surface area contributed by atoms with Gasteiger partial charge in [0.05, 0.1) is 6.61 Å². The molecule has 1 aromatic carbocycles. The third-order valence-corrected chi connectivity index (χ3v) is 4.20. The van der Waals surface area contributed by atoms with Gasteiger partial charge in [0, 0.05) is 18.2 Å². The molecule has 0 amide bonds. The second-order valence-corrected chi connectivity index (χ2v) is 6.16. The first-order valence-electron chi connectivity index (χ1n) is 8.43. The Morgan fingerprint density at radius 1 is 1.33 bits per heavy atom. The highest BCUT2D eigenvalue weighted by Gasteiger charge is 2.39. The molecule has 27 heavy (non-hydrogen) atoms. The summed E-state index contributed by atoms with van der Waals surface area (Å²) in [5.41, 5.74) is -0.767. The standard InChI is InChI=1S/C18H20N2O7/c1-11-8-20(18(24)19-17(11)23)15-7-13(14(9-21)26-15)27-16(22)10-25-12-5-3-2-4-6-12/h2-6,8,13-15,21H,7,9-10H2,1H3,(H,19,23,24)/t13-,14+,15+/m0/s1. The van der Waals surface area contributed by atoms with Crippen LogP contribution in [0, 0.1) is 6.92 Å². The van der Waals surface area contributed by atoms with E-state index in [9.17, 15) is 19.5 Å². The van der Waals surface area contributed by atoms with Crippen LogP contribution in [0.4, 0.5) is 0 Å². The van der Waals surface area contributed by atoms with Crippen LogP contribution in [0.2, 0.25) is 0 Å². The molecule has 2 heterocycles. The first kappa shape index (κ1) is 18.9. The summed E-state index contributed by atoms with van der Waals surface area (Å²) in [4.78, 5) is 37.7. The average molecular weight is 376 g/mol. The minimum atomic E-state index is -0.783. The Morgan fingerprint density at radius 3 is 2.78 bits per heavy atom. The van der Waals surface area contributed by atoms with Gasteiger partial charge in [0.15, 0.2) is 6.61 Å². The zero-order chi connectivity index (χ0) is 19.4. The minimum Gasteiger partial charge on any atom is -0.482 e. The zero-order valence-corrected chi connectivity index (χ0v) is 14.7. The summed E-state index contributed by atoms with van der Waals surface area (Å²) in [6.45, 7) is 0.887. The van der Waals surface area contributed by atoms with Crippen molar-refractivity contribution in [1.82, 2.24) is 9.55 Å². The Balaban J connectivity index is 1.64. The Hall–Kier alpha value is -2.91. The number of aryl methyl sites for hydroxylation is 1. The van der Waals surface area contributed by atoms with Crippen LogP contribution in [0.1, 0.15) is 18.2 Å². The molecule has 1 aromatic heterocycles. The summed E-state index contributed by atoms with van der Waals surface area (Å²) in [6, 6.07) is 8.81. The topological polar surface area (TPSA) is 120 Å². The number of esters is 1. The number of aliphatic hydroxyl groups is 1. The zero-order valence-electron chi connectivity index (χ0n) is 14.7. The van der Waals surface area contributed by atoms with Crippen molar-refractivity contribution in [2.75, 3.05) is 13.2 Å². The second-order valence-electron chi connectivity index (χ2n) is 6.16. The molecule has 0 saturated carbocycles. The highest BCUT2D eigenvalue weighted by Crippen LogP contribution is 2.29. The van der Waals surface area contributed by atoms with Crippen molar-refractivity contribution in [2.24, 2.45) is 0 Å². The van der Waals surface area contributed by atoms with E-state index in [1.165, 1.54) is 10.8 Å². The summed E-state index contributed by atoms with van der Waals surface area (Å²) in [7, 11) is 0. The Labute approximate surface area is 154 Å². The molecule has 0 aliphatic carbocycles. The molecule has 144 valence electrons. The maximum atomic E-state index is 12.0. The van der Waals surface area contributed by atoms with E-state index in [0.717, 1.165) is 0 Å². The van der Waals surface area contributed by atoms with E-state index in [4.69, 9.17) is 14.2 Å². The molecule has 3 rings (SSSR count). The van der Waals surface area contributed by atoms with Crippen molar-refractivity contribution >= 4 is 5.97 Å². The van der Waals surface area contributed by atoms with E-state index in [0.29, 0.717) is 11.3 Å². The van der Waals surface area contributed by atoms with Crippen LogP contribution in [-0.2, 0) is 14.3 Å². The number of carbonyl (C=O) groups is 1. The molecule has 2 aromatic rings. The van der Waals surface area contributed by atoms with Crippen molar-refractivity contribution in [2.45, 2.75) is 31.8 Å². The van der Waals surface area contributed by atoms with Crippen LogP contribution >= 0.6 is 0 Å². The molecular formula is C18H20N2O7. The van der Waals surface area contributed by atoms with Crippen molar-refractivity contribution in [3.63, 3.8) is 0 Å². The van der Waals surface area contributed by atoms with Gasteiger partial charge >= 0.3 is 11.7 Å². The van der Waals surface area contributed by atoms with Gasteiger partial charge in [-0.15, -0.1) is 0 Å². The Kier molecular flexibility index (Phi) is 5.72. The molecule has 1 saturated heterocycles. The lowest BCUT2D eigenvalue weighted by Crippen LogP contribution is -2.33. The number of ether oxygens (including phenoxy) is 3. The van der Waals surface area contributed by atoms with E-state index in [1.807, 2.05) is 6.07 Å². The summed E-state index contributed by atoms with van der Waals surface area (Å²) in [5.74, 6) is -0.0828. The fourth-order valence-corrected chi connectivity index (χ4v) is 2.82. The Bertz CT molecular complexity index is 906. The van der Waals surface area contributed by atoms with Crippen molar-refractivity contribution < 1.29 is 24.1 Å². The number of para-hydroxylation sites is 1. The third-order valence-electron chi connectivity index (χ3n) is 4.20. The maximum Gasteiger partial charge on any atom is 0.344 e. The summed E-state index contributed by atoms with van der Waals surface area (Å²) in [6.07, 6.45) is -0.754. The van der Waals surface area contributed by atoms with Gasteiger partial charge in [0.25, 0.3) is 5.56 Å². The van der Waals surface area contributed by atoms with Gasteiger partial charge < -0.3 is 19.3 Å². The molecule has 9 heteroatoms. The number of carbonyl (C=O) groups excluding carboxylic acids is 1. The average Bonchev–Trinajstić information content (AvgIpc) is 3.06. The van der Waals surface area contributed by atoms with E-state index in [2.05, 4.69) is 4.98 Å². The van der Waals surface area contributed by atoms with Crippen molar-refractivity contribution in [3.05, 3.63) is 62.9 Å². The van der Waals surface area contributed by atoms with Gasteiger partial charge in [0.1, 0.15) is 24.2 Å². The number of rotatable bonds is 6. The van der Waals surface area contributed by atoms with Crippen LogP contribution in [0.25, 0.3) is 0 Å². The molecule has 3 atom stereocenters. The van der Waals surface area contributed by atoms with Gasteiger partial charge in [-0.25, -0.2) is 9.59 Å². The summed E-state index contributed by atoms with van der Waals surface area (Å²) in [5, 5.41) is 9.50. The van der Waals surface area contributed by atoms with E-state index < -0.39 is 35.7 Å². The van der Waals surface area contributed by atoms with Crippen molar-refractivity contribution in [3.8, 4) is 5.75 Å². The van der Waals surface area contributed by atoms with Crippen LogP contribution in [0.15, 0.2) is 46.1 Å². The molecule has 2 N–H and O–H groups in total. The monoisotopic (exact) mass is 376 g/mol. The number of aromatic amines is 1. The molecule has 0 unspecified atom stereocenters. The highest BCUT2D eigenvalue weighted by molar-refractivity contribution is 5.71. The second kappa shape index (κ2) is 8.19. The van der Waals surface area contributed by atoms with E-state index in [-0.39, 0.29) is 19.6 Å². The van der Waals surface area contributed by atoms with Gasteiger partial charge in [-0.05, 0) is 19.1 Å². The number of nitrogens with zero attached hydrogens (tertiary/aromatic N) is 1. The van der Waals surface area contributed by atoms with Crippen LogP contribution in [0.3, 0.4) is 0 Å². The predicted octanol–water partition coefficient (Wildman–Crippen LogP) is 0.116. The first-order chi connectivity index (χ1) is 13.0. The third kappa shape index (κ3) is 4.44. The van der Waals surface area contributed by atoms with Gasteiger partial charge in [0.2, 0.25) is 0 Å². The van der Waals surface area contributed by atoms with Gasteiger partial charge in [-0.1, -0.05) is 18.2 Å². The molecular weight excluding hydrogens is 356 g/mol. The number of H-pyrrole nitrogens is 1. The lowest BCUT2D eigenvalue weighted by molar-refractivity contribution is -0.155. The predicted molar refractivity (Wildman–Crippen MR) is 93.5 cm³/mol. The minimum absolute atomic E-state index is 0.160. The van der Waals surface area contributed by atoms with Gasteiger partial charge in [-0.2, -0.15) is 0 Å². The number of hydrogen-bond donors (Lipinski definition) is 2. The number of aromatic nitrogens is 2. The molecule has 1 fully saturated rings. The van der Waals surface area contributed by atoms with Crippen LogP contribution < -0.4 is 16.0 Å². The smallest absolute Gasteiger partial charge is 0.344 e. The summed E-state index contributed by atoms with van der Waals surface area (Å²) >= 11 is 0. The largest absolute Gasteiger partial charge is 0.482 e.